The summed E-state index contributed by atoms with van der Waals surface area (Å²) in [5.74, 6) is 4.37. The van der Waals surface area contributed by atoms with Crippen molar-refractivity contribution in [3.63, 3.8) is 0 Å². The SMILES string of the molecule is CC1C(C)C1C1CCCC1. The lowest BCUT2D eigenvalue weighted by Gasteiger charge is -2.05. The first-order chi connectivity index (χ1) is 4.80. The summed E-state index contributed by atoms with van der Waals surface area (Å²) in [4.78, 5) is 0. The van der Waals surface area contributed by atoms with Crippen LogP contribution < -0.4 is 0 Å². The Balaban J connectivity index is 1.89. The average molecular weight is 138 g/mol. The molecule has 0 aliphatic heterocycles. The molecular weight excluding hydrogens is 120 g/mol. The van der Waals surface area contributed by atoms with E-state index in [0.29, 0.717) is 0 Å². The molecule has 2 saturated carbocycles. The summed E-state index contributed by atoms with van der Waals surface area (Å²) in [5, 5.41) is 0. The van der Waals surface area contributed by atoms with Crippen LogP contribution in [0.1, 0.15) is 39.5 Å². The Morgan fingerprint density at radius 2 is 1.40 bits per heavy atom. The normalized spacial score (nSPS) is 48.0. The lowest BCUT2D eigenvalue weighted by molar-refractivity contribution is 0.443. The van der Waals surface area contributed by atoms with Gasteiger partial charge in [-0.1, -0.05) is 39.5 Å². The maximum Gasteiger partial charge on any atom is -0.0329 e. The van der Waals surface area contributed by atoms with E-state index in [-0.39, 0.29) is 0 Å². The molecule has 0 amide bonds. The van der Waals surface area contributed by atoms with Crippen molar-refractivity contribution in [3.05, 3.63) is 0 Å². The Bertz CT molecular complexity index is 114. The molecule has 2 unspecified atom stereocenters. The van der Waals surface area contributed by atoms with Gasteiger partial charge in [-0.15, -0.1) is 0 Å². The highest BCUT2D eigenvalue weighted by Gasteiger charge is 2.47. The average Bonchev–Trinajstić information content (AvgIpc) is 2.37. The quantitative estimate of drug-likeness (QED) is 0.522. The summed E-state index contributed by atoms with van der Waals surface area (Å²) in [6.45, 7) is 4.85. The van der Waals surface area contributed by atoms with Gasteiger partial charge in [-0.3, -0.25) is 0 Å². The molecule has 0 radical (unpaired) electrons. The smallest absolute Gasteiger partial charge is 0.0329 e. The van der Waals surface area contributed by atoms with E-state index < -0.39 is 0 Å². The molecule has 2 rings (SSSR count). The highest BCUT2D eigenvalue weighted by molar-refractivity contribution is 4.96. The zero-order chi connectivity index (χ0) is 7.14. The van der Waals surface area contributed by atoms with Crippen LogP contribution in [0.5, 0.6) is 0 Å². The molecule has 0 N–H and O–H groups in total. The Morgan fingerprint density at radius 3 is 1.80 bits per heavy atom. The lowest BCUT2D eigenvalue weighted by Crippen LogP contribution is -1.97. The third-order valence-electron chi connectivity index (χ3n) is 3.85. The predicted molar refractivity (Wildman–Crippen MR) is 43.8 cm³/mol. The summed E-state index contributed by atoms with van der Waals surface area (Å²) in [5.41, 5.74) is 0. The van der Waals surface area contributed by atoms with Crippen LogP contribution in [0.2, 0.25) is 0 Å². The Labute approximate surface area is 64.0 Å². The predicted octanol–water partition coefficient (Wildman–Crippen LogP) is 3.08. The van der Waals surface area contributed by atoms with E-state index in [9.17, 15) is 0 Å². The molecule has 0 aromatic carbocycles. The van der Waals surface area contributed by atoms with Crippen molar-refractivity contribution in [2.75, 3.05) is 0 Å². The van der Waals surface area contributed by atoms with Crippen LogP contribution in [0.25, 0.3) is 0 Å². The van der Waals surface area contributed by atoms with E-state index in [1.54, 1.807) is 12.8 Å². The van der Waals surface area contributed by atoms with Gasteiger partial charge in [-0.05, 0) is 23.7 Å². The monoisotopic (exact) mass is 138 g/mol. The first-order valence-electron chi connectivity index (χ1n) is 4.80. The molecule has 0 aromatic rings. The first-order valence-corrected chi connectivity index (χ1v) is 4.80. The standard InChI is InChI=1S/C10H18/c1-7-8(2)10(7)9-5-3-4-6-9/h7-10H,3-6H2,1-2H3. The van der Waals surface area contributed by atoms with E-state index in [2.05, 4.69) is 13.8 Å². The number of hydrogen-bond acceptors (Lipinski definition) is 0. The third-order valence-corrected chi connectivity index (χ3v) is 3.85. The molecule has 0 aromatic heterocycles. The number of hydrogen-bond donors (Lipinski definition) is 0. The fourth-order valence-electron chi connectivity index (χ4n) is 2.90. The summed E-state index contributed by atoms with van der Waals surface area (Å²) < 4.78 is 0. The largest absolute Gasteiger partial charge is 0.0620 e. The molecule has 0 heteroatoms. The molecule has 10 heavy (non-hydrogen) atoms. The molecule has 0 saturated heterocycles. The molecule has 2 fully saturated rings. The van der Waals surface area contributed by atoms with E-state index in [4.69, 9.17) is 0 Å². The van der Waals surface area contributed by atoms with Crippen LogP contribution in [-0.2, 0) is 0 Å². The lowest BCUT2D eigenvalue weighted by atomic mass is 10.00. The summed E-state index contributed by atoms with van der Waals surface area (Å²) in [7, 11) is 0. The van der Waals surface area contributed by atoms with Crippen LogP contribution in [0, 0.1) is 23.7 Å². The summed E-state index contributed by atoms with van der Waals surface area (Å²) in [6, 6.07) is 0. The van der Waals surface area contributed by atoms with Gasteiger partial charge < -0.3 is 0 Å². The van der Waals surface area contributed by atoms with Crippen molar-refractivity contribution in [1.82, 2.24) is 0 Å². The molecule has 0 bridgehead atoms. The van der Waals surface area contributed by atoms with E-state index in [0.717, 1.165) is 23.7 Å². The number of rotatable bonds is 1. The minimum atomic E-state index is 1.06. The van der Waals surface area contributed by atoms with Gasteiger partial charge in [-0.2, -0.15) is 0 Å². The molecule has 0 heterocycles. The molecule has 0 spiro atoms. The molecular formula is C10H18. The van der Waals surface area contributed by atoms with Gasteiger partial charge >= 0.3 is 0 Å². The van der Waals surface area contributed by atoms with Crippen molar-refractivity contribution >= 4 is 0 Å². The van der Waals surface area contributed by atoms with Gasteiger partial charge in [0.2, 0.25) is 0 Å². The second-order valence-electron chi connectivity index (χ2n) is 4.34. The van der Waals surface area contributed by atoms with Gasteiger partial charge in [-0.25, -0.2) is 0 Å². The van der Waals surface area contributed by atoms with Crippen molar-refractivity contribution in [1.29, 1.82) is 0 Å². The minimum Gasteiger partial charge on any atom is -0.0620 e. The molecule has 2 aliphatic carbocycles. The topological polar surface area (TPSA) is 0 Å². The molecule has 58 valence electrons. The fraction of sp³-hybridized carbons (Fsp3) is 1.00. The van der Waals surface area contributed by atoms with Gasteiger partial charge in [0.25, 0.3) is 0 Å². The zero-order valence-electron chi connectivity index (χ0n) is 7.14. The van der Waals surface area contributed by atoms with Gasteiger partial charge in [0.05, 0.1) is 0 Å². The van der Waals surface area contributed by atoms with Crippen molar-refractivity contribution in [2.24, 2.45) is 23.7 Å². The van der Waals surface area contributed by atoms with E-state index in [1.807, 2.05) is 0 Å². The molecule has 2 aliphatic rings. The first kappa shape index (κ1) is 6.69. The van der Waals surface area contributed by atoms with Crippen LogP contribution in [-0.4, -0.2) is 0 Å². The summed E-state index contributed by atoms with van der Waals surface area (Å²) in [6.07, 6.45) is 6.11. The highest BCUT2D eigenvalue weighted by Crippen LogP contribution is 2.54. The molecule has 0 nitrogen and oxygen atoms in total. The Hall–Kier alpha value is 0. The minimum absolute atomic E-state index is 1.06. The summed E-state index contributed by atoms with van der Waals surface area (Å²) >= 11 is 0. The zero-order valence-corrected chi connectivity index (χ0v) is 7.14. The van der Waals surface area contributed by atoms with Crippen molar-refractivity contribution in [2.45, 2.75) is 39.5 Å². The van der Waals surface area contributed by atoms with Crippen LogP contribution in [0.15, 0.2) is 0 Å². The maximum atomic E-state index is 2.42. The van der Waals surface area contributed by atoms with Crippen LogP contribution in [0.3, 0.4) is 0 Å². The van der Waals surface area contributed by atoms with Gasteiger partial charge in [0.1, 0.15) is 0 Å². The van der Waals surface area contributed by atoms with Crippen LogP contribution >= 0.6 is 0 Å². The van der Waals surface area contributed by atoms with Gasteiger partial charge in [0.15, 0.2) is 0 Å². The second kappa shape index (κ2) is 2.25. The Morgan fingerprint density at radius 1 is 0.900 bits per heavy atom. The van der Waals surface area contributed by atoms with Crippen molar-refractivity contribution < 1.29 is 0 Å². The Kier molecular flexibility index (Phi) is 1.51. The third kappa shape index (κ3) is 0.889. The van der Waals surface area contributed by atoms with Gasteiger partial charge in [0, 0.05) is 0 Å². The fourth-order valence-corrected chi connectivity index (χ4v) is 2.90. The second-order valence-corrected chi connectivity index (χ2v) is 4.34. The highest BCUT2D eigenvalue weighted by atomic mass is 14.5. The van der Waals surface area contributed by atoms with Crippen LogP contribution in [0.4, 0.5) is 0 Å². The van der Waals surface area contributed by atoms with E-state index in [1.165, 1.54) is 12.8 Å². The maximum absolute atomic E-state index is 2.42. The molecule has 2 atom stereocenters. The van der Waals surface area contributed by atoms with E-state index >= 15 is 0 Å². The van der Waals surface area contributed by atoms with Crippen molar-refractivity contribution in [3.8, 4) is 0 Å².